The Kier molecular flexibility index (Phi) is 4.76. The molecule has 2 saturated heterocycles. The number of rotatable bonds is 2. The van der Waals surface area contributed by atoms with E-state index in [9.17, 15) is 4.79 Å². The molecular weight excluding hydrogens is 218 g/mol. The van der Waals surface area contributed by atoms with Crippen molar-refractivity contribution in [3.05, 3.63) is 0 Å². The number of carbonyl (C=O) groups excluding carboxylic acids is 1. The molecule has 2 aliphatic rings. The zero-order valence-electron chi connectivity index (χ0n) is 10.7. The molecule has 5 nitrogen and oxygen atoms in total. The molecule has 0 aromatic rings. The van der Waals surface area contributed by atoms with Gasteiger partial charge in [-0.15, -0.1) is 0 Å². The van der Waals surface area contributed by atoms with Gasteiger partial charge in [0.25, 0.3) is 0 Å². The Morgan fingerprint density at radius 1 is 1.35 bits per heavy atom. The van der Waals surface area contributed by atoms with Gasteiger partial charge in [-0.25, -0.2) is 0 Å². The van der Waals surface area contributed by atoms with Gasteiger partial charge in [0.05, 0.1) is 12.6 Å². The van der Waals surface area contributed by atoms with Gasteiger partial charge in [-0.05, 0) is 13.3 Å². The topological polar surface area (TPSA) is 44.8 Å². The van der Waals surface area contributed by atoms with Crippen LogP contribution in [0.2, 0.25) is 0 Å². The van der Waals surface area contributed by atoms with Crippen LogP contribution >= 0.6 is 0 Å². The van der Waals surface area contributed by atoms with Gasteiger partial charge < -0.3 is 15.0 Å². The van der Waals surface area contributed by atoms with Crippen molar-refractivity contribution >= 4 is 5.91 Å². The van der Waals surface area contributed by atoms with E-state index >= 15 is 0 Å². The van der Waals surface area contributed by atoms with Crippen LogP contribution in [0, 0.1) is 0 Å². The minimum absolute atomic E-state index is 0.244. The van der Waals surface area contributed by atoms with Crippen molar-refractivity contribution in [2.45, 2.75) is 19.4 Å². The van der Waals surface area contributed by atoms with Crippen LogP contribution in [0.1, 0.15) is 13.3 Å². The lowest BCUT2D eigenvalue weighted by atomic mass is 10.3. The van der Waals surface area contributed by atoms with Crippen LogP contribution in [0.3, 0.4) is 0 Å². The fourth-order valence-electron chi connectivity index (χ4n) is 2.43. The van der Waals surface area contributed by atoms with Gasteiger partial charge in [0.2, 0.25) is 5.91 Å². The molecule has 2 aliphatic heterocycles. The van der Waals surface area contributed by atoms with E-state index in [2.05, 4.69) is 17.1 Å². The molecule has 0 radical (unpaired) electrons. The van der Waals surface area contributed by atoms with E-state index in [0.29, 0.717) is 6.54 Å². The summed E-state index contributed by atoms with van der Waals surface area (Å²) in [4.78, 5) is 16.3. The fraction of sp³-hybridized carbons (Fsp3) is 0.917. The molecule has 0 aliphatic carbocycles. The molecule has 0 saturated carbocycles. The summed E-state index contributed by atoms with van der Waals surface area (Å²) in [6, 6.07) is 0. The van der Waals surface area contributed by atoms with E-state index in [1.165, 1.54) is 0 Å². The van der Waals surface area contributed by atoms with Crippen LogP contribution in [0.5, 0.6) is 0 Å². The summed E-state index contributed by atoms with van der Waals surface area (Å²) in [5.41, 5.74) is 0. The van der Waals surface area contributed by atoms with Gasteiger partial charge in [-0.1, -0.05) is 0 Å². The molecule has 1 atom stereocenters. The molecule has 2 rings (SSSR count). The average Bonchev–Trinajstić information content (AvgIpc) is 2.55. The lowest BCUT2D eigenvalue weighted by molar-refractivity contribution is -0.133. The molecule has 98 valence electrons. The molecule has 1 unspecified atom stereocenters. The highest BCUT2D eigenvalue weighted by atomic mass is 16.5. The molecule has 1 amide bonds. The molecule has 0 bridgehead atoms. The van der Waals surface area contributed by atoms with Crippen molar-refractivity contribution in [1.29, 1.82) is 0 Å². The minimum atomic E-state index is 0.244. The monoisotopic (exact) mass is 241 g/mol. The molecule has 2 heterocycles. The summed E-state index contributed by atoms with van der Waals surface area (Å²) in [6.45, 7) is 8.83. The van der Waals surface area contributed by atoms with Crippen LogP contribution in [0.25, 0.3) is 0 Å². The third kappa shape index (κ3) is 3.94. The second-order valence-electron chi connectivity index (χ2n) is 4.90. The van der Waals surface area contributed by atoms with E-state index in [0.717, 1.165) is 52.3 Å². The Labute approximate surface area is 103 Å². The van der Waals surface area contributed by atoms with Crippen LogP contribution in [0.4, 0.5) is 0 Å². The molecule has 0 aromatic carbocycles. The SMILES string of the molecule is CC1CN(CC(=O)N2CCNCC2)CCCO1. The van der Waals surface area contributed by atoms with Gasteiger partial charge in [0.1, 0.15) is 0 Å². The maximum atomic E-state index is 12.1. The molecule has 1 N–H and O–H groups in total. The number of nitrogens with one attached hydrogen (secondary N) is 1. The maximum Gasteiger partial charge on any atom is 0.236 e. The largest absolute Gasteiger partial charge is 0.377 e. The van der Waals surface area contributed by atoms with Gasteiger partial charge in [0, 0.05) is 45.9 Å². The molecule has 0 spiro atoms. The molecule has 0 aromatic heterocycles. The average molecular weight is 241 g/mol. The highest BCUT2D eigenvalue weighted by molar-refractivity contribution is 5.78. The Balaban J connectivity index is 1.79. The van der Waals surface area contributed by atoms with Crippen molar-refractivity contribution in [3.8, 4) is 0 Å². The summed E-state index contributed by atoms with van der Waals surface area (Å²) in [5, 5.41) is 3.26. The number of ether oxygens (including phenoxy) is 1. The maximum absolute atomic E-state index is 12.1. The molecular formula is C12H23N3O2. The Morgan fingerprint density at radius 3 is 2.88 bits per heavy atom. The predicted octanol–water partition coefficient (Wildman–Crippen LogP) is -0.471. The Bertz CT molecular complexity index is 254. The lowest BCUT2D eigenvalue weighted by Crippen LogP contribution is -2.50. The summed E-state index contributed by atoms with van der Waals surface area (Å²) in [6.07, 6.45) is 1.27. The summed E-state index contributed by atoms with van der Waals surface area (Å²) in [7, 11) is 0. The number of piperazine rings is 1. The highest BCUT2D eigenvalue weighted by Crippen LogP contribution is 2.06. The predicted molar refractivity (Wildman–Crippen MR) is 65.9 cm³/mol. The summed E-state index contributed by atoms with van der Waals surface area (Å²) in [5.74, 6) is 0.264. The normalized spacial score (nSPS) is 27.8. The quantitative estimate of drug-likeness (QED) is 0.710. The smallest absolute Gasteiger partial charge is 0.236 e. The van der Waals surface area contributed by atoms with E-state index in [-0.39, 0.29) is 12.0 Å². The standard InChI is InChI=1S/C12H23N3O2/c1-11-9-14(5-2-8-17-11)10-12(16)15-6-3-13-4-7-15/h11,13H,2-10H2,1H3. The molecule has 5 heteroatoms. The van der Waals surface area contributed by atoms with Crippen LogP contribution < -0.4 is 5.32 Å². The third-order valence-electron chi connectivity index (χ3n) is 3.36. The second-order valence-corrected chi connectivity index (χ2v) is 4.90. The number of hydrogen-bond donors (Lipinski definition) is 1. The van der Waals surface area contributed by atoms with E-state index in [1.807, 2.05) is 4.90 Å². The first kappa shape index (κ1) is 12.8. The fourth-order valence-corrected chi connectivity index (χ4v) is 2.43. The van der Waals surface area contributed by atoms with Crippen LogP contribution in [-0.4, -0.2) is 74.2 Å². The Morgan fingerprint density at radius 2 is 2.12 bits per heavy atom. The van der Waals surface area contributed by atoms with E-state index in [4.69, 9.17) is 4.74 Å². The van der Waals surface area contributed by atoms with E-state index in [1.54, 1.807) is 0 Å². The zero-order valence-corrected chi connectivity index (χ0v) is 10.7. The second kappa shape index (κ2) is 6.33. The third-order valence-corrected chi connectivity index (χ3v) is 3.36. The van der Waals surface area contributed by atoms with Gasteiger partial charge >= 0.3 is 0 Å². The first-order chi connectivity index (χ1) is 8.25. The summed E-state index contributed by atoms with van der Waals surface area (Å²) < 4.78 is 5.58. The number of carbonyl (C=O) groups is 1. The first-order valence-corrected chi connectivity index (χ1v) is 6.58. The van der Waals surface area contributed by atoms with Crippen molar-refractivity contribution in [2.24, 2.45) is 0 Å². The number of amides is 1. The van der Waals surface area contributed by atoms with Crippen LogP contribution in [-0.2, 0) is 9.53 Å². The summed E-state index contributed by atoms with van der Waals surface area (Å²) >= 11 is 0. The number of hydrogen-bond acceptors (Lipinski definition) is 4. The molecule has 2 fully saturated rings. The van der Waals surface area contributed by atoms with Gasteiger partial charge in [-0.2, -0.15) is 0 Å². The van der Waals surface area contributed by atoms with Crippen LogP contribution in [0.15, 0.2) is 0 Å². The van der Waals surface area contributed by atoms with Gasteiger partial charge in [0.15, 0.2) is 0 Å². The lowest BCUT2D eigenvalue weighted by Gasteiger charge is -2.30. The zero-order chi connectivity index (χ0) is 12.1. The Hall–Kier alpha value is -0.650. The highest BCUT2D eigenvalue weighted by Gasteiger charge is 2.21. The molecule has 17 heavy (non-hydrogen) atoms. The van der Waals surface area contributed by atoms with E-state index < -0.39 is 0 Å². The van der Waals surface area contributed by atoms with Crippen molar-refractivity contribution < 1.29 is 9.53 Å². The van der Waals surface area contributed by atoms with Crippen molar-refractivity contribution in [1.82, 2.24) is 15.1 Å². The first-order valence-electron chi connectivity index (χ1n) is 6.58. The van der Waals surface area contributed by atoms with Crippen molar-refractivity contribution in [3.63, 3.8) is 0 Å². The minimum Gasteiger partial charge on any atom is -0.377 e. The number of nitrogens with zero attached hydrogens (tertiary/aromatic N) is 2. The van der Waals surface area contributed by atoms with Crippen molar-refractivity contribution in [2.75, 3.05) is 52.4 Å². The van der Waals surface area contributed by atoms with Gasteiger partial charge in [-0.3, -0.25) is 9.69 Å².